The fourth-order valence-corrected chi connectivity index (χ4v) is 1.96. The van der Waals surface area contributed by atoms with Crippen molar-refractivity contribution in [3.63, 3.8) is 0 Å². The lowest BCUT2D eigenvalue weighted by Gasteiger charge is -2.03. The molecule has 17 heavy (non-hydrogen) atoms. The van der Waals surface area contributed by atoms with Crippen LogP contribution in [-0.4, -0.2) is 15.8 Å². The SMILES string of the molecule is O=Cc1cn(-c2ccccc2)c2ncccc12. The summed E-state index contributed by atoms with van der Waals surface area (Å²) in [7, 11) is 0. The number of hydrogen-bond acceptors (Lipinski definition) is 2. The number of rotatable bonds is 2. The molecular formula is C14H10N2O. The van der Waals surface area contributed by atoms with Crippen LogP contribution in [0.1, 0.15) is 10.4 Å². The quantitative estimate of drug-likeness (QED) is 0.625. The molecule has 82 valence electrons. The van der Waals surface area contributed by atoms with Crippen LogP contribution in [0.3, 0.4) is 0 Å². The molecule has 0 radical (unpaired) electrons. The molecular weight excluding hydrogens is 212 g/mol. The first-order chi connectivity index (χ1) is 8.40. The molecule has 3 nitrogen and oxygen atoms in total. The van der Waals surface area contributed by atoms with Crippen molar-refractivity contribution < 1.29 is 4.79 Å². The highest BCUT2D eigenvalue weighted by atomic mass is 16.1. The summed E-state index contributed by atoms with van der Waals surface area (Å²) in [5.74, 6) is 0. The molecule has 2 heterocycles. The van der Waals surface area contributed by atoms with Crippen molar-refractivity contribution in [1.82, 2.24) is 9.55 Å². The molecule has 0 saturated carbocycles. The second-order valence-corrected chi connectivity index (χ2v) is 3.78. The van der Waals surface area contributed by atoms with Crippen LogP contribution in [0.25, 0.3) is 16.7 Å². The molecule has 0 aliphatic carbocycles. The van der Waals surface area contributed by atoms with Crippen molar-refractivity contribution in [2.75, 3.05) is 0 Å². The van der Waals surface area contributed by atoms with Gasteiger partial charge in [0.05, 0.1) is 0 Å². The normalized spacial score (nSPS) is 10.6. The minimum absolute atomic E-state index is 0.664. The second kappa shape index (κ2) is 3.87. The Morgan fingerprint density at radius 1 is 1.06 bits per heavy atom. The van der Waals surface area contributed by atoms with E-state index in [1.807, 2.05) is 53.2 Å². The van der Waals surface area contributed by atoms with E-state index in [4.69, 9.17) is 0 Å². The van der Waals surface area contributed by atoms with Crippen LogP contribution in [-0.2, 0) is 0 Å². The smallest absolute Gasteiger partial charge is 0.152 e. The van der Waals surface area contributed by atoms with E-state index in [1.54, 1.807) is 6.20 Å². The zero-order valence-electron chi connectivity index (χ0n) is 9.08. The van der Waals surface area contributed by atoms with Crippen LogP contribution < -0.4 is 0 Å². The number of carbonyl (C=O) groups excluding carboxylic acids is 1. The summed E-state index contributed by atoms with van der Waals surface area (Å²) in [5.41, 5.74) is 2.47. The van der Waals surface area contributed by atoms with Gasteiger partial charge in [-0.15, -0.1) is 0 Å². The number of nitrogens with zero attached hydrogens (tertiary/aromatic N) is 2. The summed E-state index contributed by atoms with van der Waals surface area (Å²) in [4.78, 5) is 15.4. The van der Waals surface area contributed by atoms with E-state index in [2.05, 4.69) is 4.98 Å². The van der Waals surface area contributed by atoms with Gasteiger partial charge in [-0.3, -0.25) is 4.79 Å². The monoisotopic (exact) mass is 222 g/mol. The van der Waals surface area contributed by atoms with Gasteiger partial charge in [-0.25, -0.2) is 4.98 Å². The van der Waals surface area contributed by atoms with E-state index < -0.39 is 0 Å². The average molecular weight is 222 g/mol. The first kappa shape index (κ1) is 9.78. The number of pyridine rings is 1. The Labute approximate surface area is 98.3 Å². The van der Waals surface area contributed by atoms with Gasteiger partial charge in [0.25, 0.3) is 0 Å². The van der Waals surface area contributed by atoms with Gasteiger partial charge in [-0.2, -0.15) is 0 Å². The topological polar surface area (TPSA) is 34.9 Å². The largest absolute Gasteiger partial charge is 0.301 e. The van der Waals surface area contributed by atoms with Crippen LogP contribution in [0, 0.1) is 0 Å². The minimum atomic E-state index is 0.664. The summed E-state index contributed by atoms with van der Waals surface area (Å²) < 4.78 is 1.93. The van der Waals surface area contributed by atoms with Crippen LogP contribution in [0.4, 0.5) is 0 Å². The molecule has 0 saturated heterocycles. The first-order valence-corrected chi connectivity index (χ1v) is 5.37. The molecule has 0 unspecified atom stereocenters. The third-order valence-electron chi connectivity index (χ3n) is 2.76. The fourth-order valence-electron chi connectivity index (χ4n) is 1.96. The highest BCUT2D eigenvalue weighted by Gasteiger charge is 2.09. The number of hydrogen-bond donors (Lipinski definition) is 0. The predicted molar refractivity (Wildman–Crippen MR) is 66.5 cm³/mol. The zero-order chi connectivity index (χ0) is 11.7. The van der Waals surface area contributed by atoms with Crippen LogP contribution in [0.2, 0.25) is 0 Å². The molecule has 0 bridgehead atoms. The third-order valence-corrected chi connectivity index (χ3v) is 2.76. The van der Waals surface area contributed by atoms with Gasteiger partial charge in [0.1, 0.15) is 5.65 Å². The molecule has 0 amide bonds. The van der Waals surface area contributed by atoms with Gasteiger partial charge in [0, 0.05) is 29.0 Å². The summed E-state index contributed by atoms with van der Waals surface area (Å²) >= 11 is 0. The van der Waals surface area contributed by atoms with E-state index in [9.17, 15) is 4.79 Å². The Morgan fingerprint density at radius 2 is 1.88 bits per heavy atom. The third kappa shape index (κ3) is 1.52. The highest BCUT2D eigenvalue weighted by Crippen LogP contribution is 2.21. The molecule has 0 aliphatic heterocycles. The molecule has 0 N–H and O–H groups in total. The molecule has 0 fully saturated rings. The molecule has 3 aromatic rings. The number of para-hydroxylation sites is 1. The molecule has 2 aromatic heterocycles. The number of aromatic nitrogens is 2. The Bertz CT molecular complexity index is 671. The minimum Gasteiger partial charge on any atom is -0.301 e. The Morgan fingerprint density at radius 3 is 2.65 bits per heavy atom. The van der Waals surface area contributed by atoms with Gasteiger partial charge in [0.15, 0.2) is 6.29 Å². The fraction of sp³-hybridized carbons (Fsp3) is 0. The maximum Gasteiger partial charge on any atom is 0.152 e. The van der Waals surface area contributed by atoms with Crippen molar-refractivity contribution in [3.8, 4) is 5.69 Å². The van der Waals surface area contributed by atoms with Gasteiger partial charge in [-0.05, 0) is 24.3 Å². The lowest BCUT2D eigenvalue weighted by atomic mass is 10.2. The molecule has 0 aliphatic rings. The van der Waals surface area contributed by atoms with Crippen molar-refractivity contribution in [1.29, 1.82) is 0 Å². The molecule has 0 spiro atoms. The molecule has 0 atom stereocenters. The van der Waals surface area contributed by atoms with E-state index >= 15 is 0 Å². The Kier molecular flexibility index (Phi) is 2.22. The van der Waals surface area contributed by atoms with Gasteiger partial charge in [-0.1, -0.05) is 18.2 Å². The Balaban J connectivity index is 2.34. The van der Waals surface area contributed by atoms with Crippen molar-refractivity contribution >= 4 is 17.3 Å². The van der Waals surface area contributed by atoms with E-state index in [1.165, 1.54) is 0 Å². The van der Waals surface area contributed by atoms with E-state index in [0.29, 0.717) is 5.56 Å². The molecule has 1 aromatic carbocycles. The van der Waals surface area contributed by atoms with Gasteiger partial charge >= 0.3 is 0 Å². The lowest BCUT2D eigenvalue weighted by Crippen LogP contribution is -1.92. The summed E-state index contributed by atoms with van der Waals surface area (Å²) in [6, 6.07) is 13.6. The molecule has 3 rings (SSSR count). The van der Waals surface area contributed by atoms with Crippen molar-refractivity contribution in [2.45, 2.75) is 0 Å². The standard InChI is InChI=1S/C14H10N2O/c17-10-11-9-16(12-5-2-1-3-6-12)14-13(11)7-4-8-15-14/h1-10H. The number of carbonyl (C=O) groups is 1. The summed E-state index contributed by atoms with van der Waals surface area (Å²) in [6.07, 6.45) is 4.42. The number of aldehydes is 1. The lowest BCUT2D eigenvalue weighted by molar-refractivity contribution is 0.112. The van der Waals surface area contributed by atoms with Crippen molar-refractivity contribution in [3.05, 3.63) is 60.4 Å². The van der Waals surface area contributed by atoms with Crippen molar-refractivity contribution in [2.24, 2.45) is 0 Å². The number of fused-ring (bicyclic) bond motifs is 1. The predicted octanol–water partition coefficient (Wildman–Crippen LogP) is 2.84. The zero-order valence-corrected chi connectivity index (χ0v) is 9.08. The summed E-state index contributed by atoms with van der Waals surface area (Å²) in [5, 5.41) is 0.881. The molecule has 3 heteroatoms. The maximum atomic E-state index is 11.0. The van der Waals surface area contributed by atoms with Crippen LogP contribution in [0.15, 0.2) is 54.9 Å². The van der Waals surface area contributed by atoms with Crippen LogP contribution >= 0.6 is 0 Å². The average Bonchev–Trinajstić information content (AvgIpc) is 2.78. The van der Waals surface area contributed by atoms with Gasteiger partial charge < -0.3 is 4.57 Å². The van der Waals surface area contributed by atoms with Crippen LogP contribution in [0.5, 0.6) is 0 Å². The van der Waals surface area contributed by atoms with E-state index in [0.717, 1.165) is 23.0 Å². The Hall–Kier alpha value is -2.42. The first-order valence-electron chi connectivity index (χ1n) is 5.37. The van der Waals surface area contributed by atoms with Gasteiger partial charge in [0.2, 0.25) is 0 Å². The van der Waals surface area contributed by atoms with E-state index in [-0.39, 0.29) is 0 Å². The second-order valence-electron chi connectivity index (χ2n) is 3.78. The summed E-state index contributed by atoms with van der Waals surface area (Å²) in [6.45, 7) is 0. The maximum absolute atomic E-state index is 11.0. The number of benzene rings is 1. The highest BCUT2D eigenvalue weighted by molar-refractivity contribution is 5.96.